The molecule has 1 aromatic carbocycles. The molecule has 0 bridgehead atoms. The number of hydrogen-bond acceptors (Lipinski definition) is 4. The van der Waals surface area contributed by atoms with Crippen LogP contribution in [0.1, 0.15) is 25.6 Å². The van der Waals surface area contributed by atoms with Gasteiger partial charge in [-0.1, -0.05) is 18.2 Å². The Morgan fingerprint density at radius 3 is 2.65 bits per heavy atom. The minimum Gasteiger partial charge on any atom is -0.459 e. The predicted octanol–water partition coefficient (Wildman–Crippen LogP) is 2.54. The van der Waals surface area contributed by atoms with Crippen LogP contribution in [0, 0.1) is 0 Å². The minimum absolute atomic E-state index is 0.0973. The van der Waals surface area contributed by atoms with Gasteiger partial charge in [-0.3, -0.25) is 4.90 Å². The zero-order chi connectivity index (χ0) is 14.1. The highest BCUT2D eigenvalue weighted by Gasteiger charge is 2.24. The van der Waals surface area contributed by atoms with Crippen LogP contribution in [-0.2, 0) is 4.74 Å². The number of morpholine rings is 1. The molecule has 0 radical (unpaired) electrons. The Hall–Kier alpha value is -1.36. The normalized spacial score (nSPS) is 25.9. The van der Waals surface area contributed by atoms with Crippen molar-refractivity contribution in [2.75, 3.05) is 19.6 Å². The molecule has 20 heavy (non-hydrogen) atoms. The molecule has 108 valence electrons. The van der Waals surface area contributed by atoms with Gasteiger partial charge in [0.05, 0.1) is 18.2 Å². The van der Waals surface area contributed by atoms with E-state index in [1.165, 1.54) is 0 Å². The summed E-state index contributed by atoms with van der Waals surface area (Å²) in [5, 5.41) is 1.11. The van der Waals surface area contributed by atoms with Crippen molar-refractivity contribution in [3.8, 4) is 0 Å². The van der Waals surface area contributed by atoms with E-state index in [-0.39, 0.29) is 18.2 Å². The fourth-order valence-electron chi connectivity index (χ4n) is 2.99. The third kappa shape index (κ3) is 2.87. The van der Waals surface area contributed by atoms with Gasteiger partial charge in [0.15, 0.2) is 0 Å². The molecular weight excluding hydrogens is 252 g/mol. The Balaban J connectivity index is 1.70. The van der Waals surface area contributed by atoms with Gasteiger partial charge in [-0.25, -0.2) is 0 Å². The number of nitrogens with two attached hydrogens (primary N) is 1. The molecule has 2 aromatic rings. The monoisotopic (exact) mass is 274 g/mol. The Labute approximate surface area is 119 Å². The molecule has 2 heterocycles. The van der Waals surface area contributed by atoms with Gasteiger partial charge in [0.25, 0.3) is 0 Å². The first-order valence-electron chi connectivity index (χ1n) is 7.23. The molecule has 1 aliphatic rings. The maximum atomic E-state index is 6.30. The number of hydrogen-bond donors (Lipinski definition) is 1. The fourth-order valence-corrected chi connectivity index (χ4v) is 2.99. The number of fused-ring (bicyclic) bond motifs is 1. The van der Waals surface area contributed by atoms with Crippen molar-refractivity contribution in [3.05, 3.63) is 36.1 Å². The van der Waals surface area contributed by atoms with Crippen LogP contribution >= 0.6 is 0 Å². The molecule has 0 aliphatic carbocycles. The van der Waals surface area contributed by atoms with Crippen LogP contribution in [0.15, 0.2) is 34.7 Å². The van der Waals surface area contributed by atoms with Crippen LogP contribution in [0.5, 0.6) is 0 Å². The van der Waals surface area contributed by atoms with Crippen molar-refractivity contribution < 1.29 is 9.15 Å². The first-order valence-corrected chi connectivity index (χ1v) is 7.23. The Bertz CT molecular complexity index is 538. The molecule has 0 amide bonds. The van der Waals surface area contributed by atoms with Gasteiger partial charge in [0.1, 0.15) is 11.3 Å². The quantitative estimate of drug-likeness (QED) is 0.934. The summed E-state index contributed by atoms with van der Waals surface area (Å²) in [6.07, 6.45) is 0.531. The van der Waals surface area contributed by atoms with Gasteiger partial charge < -0.3 is 14.9 Å². The lowest BCUT2D eigenvalue weighted by atomic mass is 10.1. The van der Waals surface area contributed by atoms with Gasteiger partial charge in [0.2, 0.25) is 0 Å². The Morgan fingerprint density at radius 1 is 1.25 bits per heavy atom. The summed E-state index contributed by atoms with van der Waals surface area (Å²) >= 11 is 0. The molecule has 1 saturated heterocycles. The smallest absolute Gasteiger partial charge is 0.134 e. The van der Waals surface area contributed by atoms with Crippen LogP contribution in [0.3, 0.4) is 0 Å². The van der Waals surface area contributed by atoms with Crippen molar-refractivity contribution in [3.63, 3.8) is 0 Å². The Morgan fingerprint density at radius 2 is 1.95 bits per heavy atom. The van der Waals surface area contributed by atoms with Gasteiger partial charge in [0, 0.05) is 25.0 Å². The number of rotatable bonds is 3. The summed E-state index contributed by atoms with van der Waals surface area (Å²) in [5.41, 5.74) is 7.21. The lowest BCUT2D eigenvalue weighted by Gasteiger charge is -2.36. The molecular formula is C16H22N2O2. The zero-order valence-corrected chi connectivity index (χ0v) is 12.1. The third-order valence-electron chi connectivity index (χ3n) is 3.76. The molecule has 1 fully saturated rings. The highest BCUT2D eigenvalue weighted by Crippen LogP contribution is 2.24. The van der Waals surface area contributed by atoms with Crippen molar-refractivity contribution in [2.24, 2.45) is 5.73 Å². The largest absolute Gasteiger partial charge is 0.459 e. The summed E-state index contributed by atoms with van der Waals surface area (Å²) in [7, 11) is 0. The molecule has 3 unspecified atom stereocenters. The van der Waals surface area contributed by atoms with Crippen molar-refractivity contribution in [2.45, 2.75) is 32.1 Å². The van der Waals surface area contributed by atoms with Crippen LogP contribution in [0.2, 0.25) is 0 Å². The second-order valence-electron chi connectivity index (χ2n) is 5.77. The van der Waals surface area contributed by atoms with E-state index in [0.717, 1.165) is 36.4 Å². The van der Waals surface area contributed by atoms with E-state index in [2.05, 4.69) is 18.7 Å². The lowest BCUT2D eigenvalue weighted by molar-refractivity contribution is -0.0695. The second kappa shape index (κ2) is 5.56. The van der Waals surface area contributed by atoms with E-state index in [4.69, 9.17) is 14.9 Å². The Kier molecular flexibility index (Phi) is 3.78. The molecule has 3 atom stereocenters. The van der Waals surface area contributed by atoms with E-state index in [9.17, 15) is 0 Å². The molecule has 4 nitrogen and oxygen atoms in total. The SMILES string of the molecule is CC1CN(CC(N)c2cc3ccccc3o2)CC(C)O1. The molecule has 2 N–H and O–H groups in total. The van der Waals surface area contributed by atoms with E-state index in [0.29, 0.717) is 0 Å². The van der Waals surface area contributed by atoms with Gasteiger partial charge in [-0.15, -0.1) is 0 Å². The fraction of sp³-hybridized carbons (Fsp3) is 0.500. The van der Waals surface area contributed by atoms with Gasteiger partial charge in [-0.05, 0) is 26.0 Å². The third-order valence-corrected chi connectivity index (χ3v) is 3.76. The number of benzene rings is 1. The maximum absolute atomic E-state index is 6.30. The highest BCUT2D eigenvalue weighted by atomic mass is 16.5. The van der Waals surface area contributed by atoms with Gasteiger partial charge >= 0.3 is 0 Å². The molecule has 4 heteroatoms. The minimum atomic E-state index is -0.0973. The average Bonchev–Trinajstić information content (AvgIpc) is 2.81. The van der Waals surface area contributed by atoms with Crippen LogP contribution in [0.25, 0.3) is 11.0 Å². The second-order valence-corrected chi connectivity index (χ2v) is 5.77. The molecule has 3 rings (SSSR count). The van der Waals surface area contributed by atoms with Crippen molar-refractivity contribution in [1.82, 2.24) is 4.90 Å². The molecule has 0 saturated carbocycles. The van der Waals surface area contributed by atoms with Crippen molar-refractivity contribution in [1.29, 1.82) is 0 Å². The van der Waals surface area contributed by atoms with E-state index >= 15 is 0 Å². The summed E-state index contributed by atoms with van der Waals surface area (Å²) in [6.45, 7) is 6.87. The first kappa shape index (κ1) is 13.6. The number of ether oxygens (including phenoxy) is 1. The summed E-state index contributed by atoms with van der Waals surface area (Å²) in [5.74, 6) is 0.859. The number of furan rings is 1. The lowest BCUT2D eigenvalue weighted by Crippen LogP contribution is -2.47. The van der Waals surface area contributed by atoms with Crippen LogP contribution < -0.4 is 5.73 Å². The zero-order valence-electron chi connectivity index (χ0n) is 12.1. The van der Waals surface area contributed by atoms with E-state index < -0.39 is 0 Å². The van der Waals surface area contributed by atoms with Crippen molar-refractivity contribution >= 4 is 11.0 Å². The molecule has 1 aromatic heterocycles. The average molecular weight is 274 g/mol. The van der Waals surface area contributed by atoms with Crippen LogP contribution in [0.4, 0.5) is 0 Å². The topological polar surface area (TPSA) is 51.6 Å². The summed E-state index contributed by atoms with van der Waals surface area (Å²) < 4.78 is 11.6. The van der Waals surface area contributed by atoms with E-state index in [1.807, 2.05) is 30.3 Å². The predicted molar refractivity (Wildman–Crippen MR) is 79.6 cm³/mol. The maximum Gasteiger partial charge on any atom is 0.134 e. The standard InChI is InChI=1S/C16H22N2O2/c1-11-8-18(9-12(2)19-11)10-14(17)16-7-13-5-3-4-6-15(13)20-16/h3-7,11-12,14H,8-10,17H2,1-2H3. The first-order chi connectivity index (χ1) is 9.61. The van der Waals surface area contributed by atoms with Crippen LogP contribution in [-0.4, -0.2) is 36.7 Å². The number of nitrogens with zero attached hydrogens (tertiary/aromatic N) is 1. The van der Waals surface area contributed by atoms with Gasteiger partial charge in [-0.2, -0.15) is 0 Å². The highest BCUT2D eigenvalue weighted by molar-refractivity contribution is 5.77. The summed E-state index contributed by atoms with van der Waals surface area (Å²) in [6, 6.07) is 9.97. The summed E-state index contributed by atoms with van der Waals surface area (Å²) in [4.78, 5) is 2.36. The van der Waals surface area contributed by atoms with E-state index in [1.54, 1.807) is 0 Å². The molecule has 0 spiro atoms. The number of para-hydroxylation sites is 1. The molecule has 1 aliphatic heterocycles.